The first-order chi connectivity index (χ1) is 10.3. The van der Waals surface area contributed by atoms with Gasteiger partial charge in [0.25, 0.3) is 11.9 Å². The van der Waals surface area contributed by atoms with Crippen LogP contribution in [0, 0.1) is 0 Å². The zero-order chi connectivity index (χ0) is 14.7. The normalized spacial score (nSPS) is 18.0. The van der Waals surface area contributed by atoms with E-state index in [0.717, 1.165) is 6.42 Å². The van der Waals surface area contributed by atoms with Gasteiger partial charge in [-0.25, -0.2) is 0 Å². The Morgan fingerprint density at radius 3 is 2.76 bits per heavy atom. The Kier molecular flexibility index (Phi) is 3.92. The molecule has 0 N–H and O–H groups in total. The lowest BCUT2D eigenvalue weighted by atomic mass is 10.3. The number of hydrogen-bond donors (Lipinski definition) is 0. The molecule has 1 atom stereocenters. The highest BCUT2D eigenvalue weighted by Gasteiger charge is 2.28. The summed E-state index contributed by atoms with van der Waals surface area (Å²) in [5.41, 5.74) is 0. The Morgan fingerprint density at radius 2 is 2.05 bits per heavy atom. The Bertz CT molecular complexity index is 608. The van der Waals surface area contributed by atoms with E-state index in [-0.39, 0.29) is 17.8 Å². The van der Waals surface area contributed by atoms with Crippen LogP contribution >= 0.6 is 0 Å². The van der Waals surface area contributed by atoms with E-state index in [1.165, 1.54) is 0 Å². The Labute approximate surface area is 123 Å². The largest absolute Gasteiger partial charge is 0.426 e. The van der Waals surface area contributed by atoms with Gasteiger partial charge in [0, 0.05) is 26.3 Å². The molecule has 1 amide bonds. The number of carbonyl (C=O) groups excluding carboxylic acids is 1. The first-order valence-corrected chi connectivity index (χ1v) is 6.91. The van der Waals surface area contributed by atoms with Gasteiger partial charge in [0.2, 0.25) is 0 Å². The molecule has 110 valence electrons. The van der Waals surface area contributed by atoms with Gasteiger partial charge < -0.3 is 18.8 Å². The van der Waals surface area contributed by atoms with Crippen molar-refractivity contribution >= 4 is 5.91 Å². The first kappa shape index (κ1) is 13.7. The van der Waals surface area contributed by atoms with Crippen molar-refractivity contribution in [3.8, 4) is 11.7 Å². The third-order valence-electron chi connectivity index (χ3n) is 3.52. The summed E-state index contributed by atoms with van der Waals surface area (Å²) in [6.45, 7) is 1.29. The number of carbonyl (C=O) groups is 1. The van der Waals surface area contributed by atoms with E-state index in [0.29, 0.717) is 24.8 Å². The Hall–Kier alpha value is -2.27. The Balaban J connectivity index is 1.66. The summed E-state index contributed by atoms with van der Waals surface area (Å²) in [6, 6.07) is 12.6. The molecule has 21 heavy (non-hydrogen) atoms. The van der Waals surface area contributed by atoms with Crippen LogP contribution in [0.3, 0.4) is 0 Å². The van der Waals surface area contributed by atoms with Gasteiger partial charge in [0.1, 0.15) is 5.75 Å². The van der Waals surface area contributed by atoms with Crippen LogP contribution in [0.15, 0.2) is 46.9 Å². The van der Waals surface area contributed by atoms with Crippen molar-refractivity contribution in [2.24, 2.45) is 0 Å². The van der Waals surface area contributed by atoms with Gasteiger partial charge in [-0.3, -0.25) is 4.79 Å². The van der Waals surface area contributed by atoms with Crippen LogP contribution in [0.2, 0.25) is 0 Å². The standard InChI is InChI=1S/C16H17NO4/c1-19-13-9-10-17(11-13)16(18)14-7-8-15(21-14)20-12-5-3-2-4-6-12/h2-8,13H,9-11H2,1H3. The van der Waals surface area contributed by atoms with Gasteiger partial charge in [0.15, 0.2) is 5.76 Å². The lowest BCUT2D eigenvalue weighted by molar-refractivity contribution is 0.0691. The Morgan fingerprint density at radius 1 is 1.24 bits per heavy atom. The summed E-state index contributed by atoms with van der Waals surface area (Å²) in [5, 5.41) is 0. The SMILES string of the molecule is COC1CCN(C(=O)c2ccc(Oc3ccccc3)o2)C1. The predicted molar refractivity (Wildman–Crippen MR) is 76.5 cm³/mol. The van der Waals surface area contributed by atoms with Crippen LogP contribution in [0.5, 0.6) is 11.7 Å². The van der Waals surface area contributed by atoms with E-state index < -0.39 is 0 Å². The number of rotatable bonds is 4. The van der Waals surface area contributed by atoms with E-state index in [2.05, 4.69) is 0 Å². The smallest absolute Gasteiger partial charge is 0.290 e. The summed E-state index contributed by atoms with van der Waals surface area (Å²) in [6.07, 6.45) is 0.972. The van der Waals surface area contributed by atoms with Crippen LogP contribution in [0.4, 0.5) is 0 Å². The molecule has 2 heterocycles. The minimum atomic E-state index is -0.127. The number of likely N-dealkylation sites (tertiary alicyclic amines) is 1. The number of para-hydroxylation sites is 1. The third kappa shape index (κ3) is 3.08. The zero-order valence-corrected chi connectivity index (χ0v) is 11.8. The number of hydrogen-bond acceptors (Lipinski definition) is 4. The van der Waals surface area contributed by atoms with E-state index in [4.69, 9.17) is 13.9 Å². The summed E-state index contributed by atoms with van der Waals surface area (Å²) in [4.78, 5) is 14.0. The molecule has 5 nitrogen and oxygen atoms in total. The molecule has 1 saturated heterocycles. The number of nitrogens with zero attached hydrogens (tertiary/aromatic N) is 1. The molecular formula is C16H17NO4. The molecule has 1 aliphatic rings. The molecule has 5 heteroatoms. The summed E-state index contributed by atoms with van der Waals surface area (Å²) >= 11 is 0. The van der Waals surface area contributed by atoms with Crippen LogP contribution < -0.4 is 4.74 Å². The lowest BCUT2D eigenvalue weighted by Gasteiger charge is -2.14. The highest BCUT2D eigenvalue weighted by Crippen LogP contribution is 2.25. The molecule has 0 radical (unpaired) electrons. The van der Waals surface area contributed by atoms with Gasteiger partial charge in [-0.05, 0) is 24.6 Å². The molecule has 0 spiro atoms. The molecular weight excluding hydrogens is 270 g/mol. The fraction of sp³-hybridized carbons (Fsp3) is 0.312. The average Bonchev–Trinajstić information content (AvgIpc) is 3.16. The molecule has 1 fully saturated rings. The number of benzene rings is 1. The fourth-order valence-electron chi connectivity index (χ4n) is 2.36. The summed E-state index contributed by atoms with van der Waals surface area (Å²) < 4.78 is 16.3. The molecule has 0 saturated carbocycles. The number of ether oxygens (including phenoxy) is 2. The molecule has 1 aromatic carbocycles. The van der Waals surface area contributed by atoms with E-state index >= 15 is 0 Å². The third-order valence-corrected chi connectivity index (χ3v) is 3.52. The maximum absolute atomic E-state index is 12.3. The van der Waals surface area contributed by atoms with E-state index in [9.17, 15) is 4.79 Å². The number of amides is 1. The fourth-order valence-corrected chi connectivity index (χ4v) is 2.36. The summed E-state index contributed by atoms with van der Waals surface area (Å²) in [5.74, 6) is 1.15. The van der Waals surface area contributed by atoms with Gasteiger partial charge in [0.05, 0.1) is 6.10 Å². The predicted octanol–water partition coefficient (Wildman–Crippen LogP) is 2.93. The van der Waals surface area contributed by atoms with Gasteiger partial charge in [-0.15, -0.1) is 0 Å². The van der Waals surface area contributed by atoms with Gasteiger partial charge >= 0.3 is 0 Å². The van der Waals surface area contributed by atoms with Crippen LogP contribution in [0.1, 0.15) is 17.0 Å². The maximum atomic E-state index is 12.3. The van der Waals surface area contributed by atoms with Gasteiger partial charge in [-0.1, -0.05) is 18.2 Å². The van der Waals surface area contributed by atoms with Gasteiger partial charge in [-0.2, -0.15) is 0 Å². The molecule has 2 aromatic rings. The molecule has 1 unspecified atom stereocenters. The average molecular weight is 287 g/mol. The highest BCUT2D eigenvalue weighted by atomic mass is 16.6. The molecule has 0 aliphatic carbocycles. The second-order valence-corrected chi connectivity index (χ2v) is 4.93. The lowest BCUT2D eigenvalue weighted by Crippen LogP contribution is -2.29. The molecule has 1 aliphatic heterocycles. The minimum Gasteiger partial charge on any atom is -0.426 e. The van der Waals surface area contributed by atoms with Crippen LogP contribution in [-0.2, 0) is 4.74 Å². The van der Waals surface area contributed by atoms with Crippen molar-refractivity contribution in [1.29, 1.82) is 0 Å². The number of methoxy groups -OCH3 is 1. The first-order valence-electron chi connectivity index (χ1n) is 6.91. The molecule has 3 rings (SSSR count). The summed E-state index contributed by atoms with van der Waals surface area (Å²) in [7, 11) is 1.66. The molecule has 1 aromatic heterocycles. The van der Waals surface area contributed by atoms with E-state index in [1.54, 1.807) is 24.1 Å². The molecule has 0 bridgehead atoms. The zero-order valence-electron chi connectivity index (χ0n) is 11.8. The van der Waals surface area contributed by atoms with Crippen molar-refractivity contribution in [3.63, 3.8) is 0 Å². The van der Waals surface area contributed by atoms with Crippen LogP contribution in [0.25, 0.3) is 0 Å². The van der Waals surface area contributed by atoms with Crippen molar-refractivity contribution in [3.05, 3.63) is 48.2 Å². The number of furan rings is 1. The van der Waals surface area contributed by atoms with E-state index in [1.807, 2.05) is 30.3 Å². The minimum absolute atomic E-state index is 0.115. The van der Waals surface area contributed by atoms with Crippen molar-refractivity contribution in [1.82, 2.24) is 4.90 Å². The van der Waals surface area contributed by atoms with Crippen molar-refractivity contribution < 1.29 is 18.7 Å². The van der Waals surface area contributed by atoms with Crippen LogP contribution in [-0.4, -0.2) is 37.1 Å². The topological polar surface area (TPSA) is 51.9 Å². The maximum Gasteiger partial charge on any atom is 0.290 e. The second-order valence-electron chi connectivity index (χ2n) is 4.93. The van der Waals surface area contributed by atoms with Crippen molar-refractivity contribution in [2.45, 2.75) is 12.5 Å². The van der Waals surface area contributed by atoms with Crippen molar-refractivity contribution in [2.75, 3.05) is 20.2 Å². The highest BCUT2D eigenvalue weighted by molar-refractivity contribution is 5.91. The quantitative estimate of drug-likeness (QED) is 0.867. The second kappa shape index (κ2) is 6.01. The monoisotopic (exact) mass is 287 g/mol.